The molecule has 0 bridgehead atoms. The fourth-order valence-electron chi connectivity index (χ4n) is 0.200. The number of hydrogen-bond donors (Lipinski definition) is 1. The molecular formula is C3H10N3O-. The second kappa shape index (κ2) is 2.92. The van der Waals surface area contributed by atoms with E-state index in [1.165, 1.54) is 5.01 Å². The highest BCUT2D eigenvalue weighted by Crippen LogP contribution is 1.75. The molecule has 7 heavy (non-hydrogen) atoms. The Hall–Kier alpha value is -0.160. The number of hydrogen-bond acceptors (Lipinski definition) is 4. The van der Waals surface area contributed by atoms with Crippen molar-refractivity contribution in [3.8, 4) is 0 Å². The summed E-state index contributed by atoms with van der Waals surface area (Å²) in [5, 5.41) is 12.3. The van der Waals surface area contributed by atoms with Crippen molar-refractivity contribution in [1.29, 1.82) is 0 Å². The SMILES string of the molecule is CNN([O-])N(C)C. The molecule has 0 aliphatic heterocycles. The summed E-state index contributed by atoms with van der Waals surface area (Å²) in [5.74, 6) is 0. The highest BCUT2D eigenvalue weighted by Gasteiger charge is 1.82. The molecule has 0 aromatic heterocycles. The molecule has 0 radical (unpaired) electrons. The molecule has 0 rings (SSSR count). The lowest BCUT2D eigenvalue weighted by molar-refractivity contribution is 0.0371. The average Bonchev–Trinajstić information content (AvgIpc) is 1.65. The number of nitrogens with zero attached hydrogens (tertiary/aromatic N) is 2. The standard InChI is InChI=1S/C3H10N3O/c1-4-6(7)5(2)3/h4H,1-3H3/q-1. The molecular weight excluding hydrogens is 94.1 g/mol. The van der Waals surface area contributed by atoms with Gasteiger partial charge in [-0.2, -0.15) is 0 Å². The molecule has 1 N–H and O–H groups in total. The molecule has 0 fully saturated rings. The van der Waals surface area contributed by atoms with Crippen LogP contribution in [0.4, 0.5) is 0 Å². The van der Waals surface area contributed by atoms with Crippen molar-refractivity contribution in [1.82, 2.24) is 15.7 Å². The molecule has 0 aromatic carbocycles. The molecule has 0 atom stereocenters. The van der Waals surface area contributed by atoms with Crippen LogP contribution < -0.4 is 5.43 Å². The van der Waals surface area contributed by atoms with Crippen LogP contribution in [-0.4, -0.2) is 31.4 Å². The molecule has 0 aliphatic carbocycles. The summed E-state index contributed by atoms with van der Waals surface area (Å²) in [6.07, 6.45) is 0. The van der Waals surface area contributed by atoms with E-state index >= 15 is 0 Å². The first kappa shape index (κ1) is 6.84. The molecule has 0 aliphatic rings. The van der Waals surface area contributed by atoms with Crippen molar-refractivity contribution < 1.29 is 0 Å². The third-order valence-electron chi connectivity index (χ3n) is 0.555. The summed E-state index contributed by atoms with van der Waals surface area (Å²) >= 11 is 0. The van der Waals surface area contributed by atoms with E-state index in [9.17, 15) is 5.21 Å². The fraction of sp³-hybridized carbons (Fsp3) is 1.00. The van der Waals surface area contributed by atoms with Gasteiger partial charge in [0.25, 0.3) is 0 Å². The topological polar surface area (TPSA) is 41.6 Å². The van der Waals surface area contributed by atoms with Crippen molar-refractivity contribution >= 4 is 0 Å². The van der Waals surface area contributed by atoms with Gasteiger partial charge in [0.1, 0.15) is 0 Å². The quantitative estimate of drug-likeness (QED) is 0.475. The second-order valence-electron chi connectivity index (χ2n) is 1.34. The summed E-state index contributed by atoms with van der Waals surface area (Å²) in [4.78, 5) is 0. The molecule has 0 saturated heterocycles. The number of rotatable bonds is 2. The highest BCUT2D eigenvalue weighted by molar-refractivity contribution is 4.34. The maximum atomic E-state index is 10.2. The van der Waals surface area contributed by atoms with Gasteiger partial charge in [0, 0.05) is 14.1 Å². The molecule has 4 heteroatoms. The van der Waals surface area contributed by atoms with E-state index in [0.717, 1.165) is 0 Å². The Balaban J connectivity index is 3.14. The van der Waals surface area contributed by atoms with E-state index in [2.05, 4.69) is 5.43 Å². The van der Waals surface area contributed by atoms with Crippen LogP contribution >= 0.6 is 0 Å². The first-order chi connectivity index (χ1) is 3.18. The van der Waals surface area contributed by atoms with Crippen LogP contribution in [0.25, 0.3) is 0 Å². The van der Waals surface area contributed by atoms with Gasteiger partial charge in [0.05, 0.1) is 0 Å². The van der Waals surface area contributed by atoms with Gasteiger partial charge in [-0.3, -0.25) is 10.7 Å². The lowest BCUT2D eigenvalue weighted by Gasteiger charge is -2.32. The monoisotopic (exact) mass is 104 g/mol. The highest BCUT2D eigenvalue weighted by atomic mass is 16.6. The molecule has 0 spiro atoms. The van der Waals surface area contributed by atoms with E-state index in [1.807, 2.05) is 0 Å². The fourth-order valence-corrected chi connectivity index (χ4v) is 0.200. The zero-order valence-corrected chi connectivity index (χ0v) is 4.80. The van der Waals surface area contributed by atoms with E-state index in [-0.39, 0.29) is 0 Å². The summed E-state index contributed by atoms with van der Waals surface area (Å²) in [6.45, 7) is 0. The van der Waals surface area contributed by atoms with Crippen molar-refractivity contribution in [2.24, 2.45) is 0 Å². The van der Waals surface area contributed by atoms with Gasteiger partial charge < -0.3 is 5.21 Å². The third-order valence-corrected chi connectivity index (χ3v) is 0.555. The zero-order valence-electron chi connectivity index (χ0n) is 4.80. The molecule has 0 unspecified atom stereocenters. The van der Waals surface area contributed by atoms with Crippen molar-refractivity contribution in [3.05, 3.63) is 5.21 Å². The van der Waals surface area contributed by atoms with Crippen molar-refractivity contribution in [2.45, 2.75) is 0 Å². The first-order valence-corrected chi connectivity index (χ1v) is 2.00. The molecule has 0 saturated carbocycles. The van der Waals surface area contributed by atoms with Crippen LogP contribution in [0.5, 0.6) is 0 Å². The molecule has 0 aromatic rings. The Kier molecular flexibility index (Phi) is 2.86. The number of hydrazine groups is 2. The van der Waals surface area contributed by atoms with Crippen LogP contribution in [0.1, 0.15) is 0 Å². The Morgan fingerprint density at radius 1 is 1.43 bits per heavy atom. The Bertz CT molecular complexity index is 47.4. The van der Waals surface area contributed by atoms with Gasteiger partial charge >= 0.3 is 0 Å². The Labute approximate surface area is 43.2 Å². The average molecular weight is 104 g/mol. The minimum absolute atomic E-state index is 0.625. The van der Waals surface area contributed by atoms with Gasteiger partial charge in [-0.1, -0.05) is 0 Å². The first-order valence-electron chi connectivity index (χ1n) is 2.00. The lowest BCUT2D eigenvalue weighted by atomic mass is 11.2. The molecule has 44 valence electrons. The molecule has 4 nitrogen and oxygen atoms in total. The minimum atomic E-state index is 0.625. The van der Waals surface area contributed by atoms with Crippen LogP contribution in [-0.2, 0) is 0 Å². The predicted octanol–water partition coefficient (Wildman–Crippen LogP) is -0.603. The summed E-state index contributed by atoms with van der Waals surface area (Å²) in [6, 6.07) is 0. The van der Waals surface area contributed by atoms with Gasteiger partial charge in [0.2, 0.25) is 0 Å². The zero-order chi connectivity index (χ0) is 5.86. The summed E-state index contributed by atoms with van der Waals surface area (Å²) in [7, 11) is 4.88. The second-order valence-corrected chi connectivity index (χ2v) is 1.34. The summed E-state index contributed by atoms with van der Waals surface area (Å²) < 4.78 is 0. The van der Waals surface area contributed by atoms with Crippen LogP contribution in [0.2, 0.25) is 0 Å². The lowest BCUT2D eigenvalue weighted by Crippen LogP contribution is -2.40. The summed E-state index contributed by atoms with van der Waals surface area (Å²) in [5.41, 5.74) is 2.37. The van der Waals surface area contributed by atoms with Gasteiger partial charge in [-0.05, 0) is 7.05 Å². The van der Waals surface area contributed by atoms with Crippen LogP contribution in [0, 0.1) is 5.21 Å². The van der Waals surface area contributed by atoms with Crippen molar-refractivity contribution in [3.63, 3.8) is 0 Å². The largest absolute Gasteiger partial charge is 0.758 e. The maximum Gasteiger partial charge on any atom is 0.00187 e. The van der Waals surface area contributed by atoms with Crippen LogP contribution in [0.15, 0.2) is 0 Å². The Morgan fingerprint density at radius 2 is 1.86 bits per heavy atom. The van der Waals surface area contributed by atoms with Crippen LogP contribution in [0.3, 0.4) is 0 Å². The van der Waals surface area contributed by atoms with E-state index in [0.29, 0.717) is 5.28 Å². The molecule has 0 amide bonds. The smallest absolute Gasteiger partial charge is 0.00187 e. The molecule has 0 heterocycles. The number of nitrogens with one attached hydrogen (secondary N) is 1. The normalized spacial score (nSPS) is 11.1. The van der Waals surface area contributed by atoms with E-state index in [4.69, 9.17) is 0 Å². The van der Waals surface area contributed by atoms with Crippen molar-refractivity contribution in [2.75, 3.05) is 21.1 Å². The Morgan fingerprint density at radius 3 is 1.86 bits per heavy atom. The van der Waals surface area contributed by atoms with E-state index < -0.39 is 0 Å². The van der Waals surface area contributed by atoms with Gasteiger partial charge in [0.15, 0.2) is 0 Å². The third kappa shape index (κ3) is 2.52. The van der Waals surface area contributed by atoms with Gasteiger partial charge in [-0.15, -0.1) is 0 Å². The minimum Gasteiger partial charge on any atom is -0.758 e. The maximum absolute atomic E-state index is 10.2. The van der Waals surface area contributed by atoms with E-state index in [1.54, 1.807) is 21.1 Å². The predicted molar refractivity (Wildman–Crippen MR) is 28.0 cm³/mol. The van der Waals surface area contributed by atoms with Gasteiger partial charge in [-0.25, -0.2) is 5.01 Å².